The molecule has 4 heteroatoms. The summed E-state index contributed by atoms with van der Waals surface area (Å²) in [6.45, 7) is 8.01. The average molecular weight is 240 g/mol. The Hall–Kier alpha value is -0.770. The Morgan fingerprint density at radius 3 is 2.76 bits per heavy atom. The number of carbonyl (C=O) groups excluding carboxylic acids is 1. The van der Waals surface area contributed by atoms with Gasteiger partial charge in [0.25, 0.3) is 0 Å². The van der Waals surface area contributed by atoms with Gasteiger partial charge < -0.3 is 15.4 Å². The molecule has 0 bridgehead atoms. The van der Waals surface area contributed by atoms with Crippen LogP contribution in [0.3, 0.4) is 0 Å². The highest BCUT2D eigenvalue weighted by atomic mass is 16.6. The van der Waals surface area contributed by atoms with Crippen molar-refractivity contribution in [3.8, 4) is 0 Å². The molecular formula is C13H24N2O2. The fourth-order valence-corrected chi connectivity index (χ4v) is 3.21. The van der Waals surface area contributed by atoms with E-state index in [2.05, 4.69) is 0 Å². The first-order valence-electron chi connectivity index (χ1n) is 6.54. The third kappa shape index (κ3) is 2.41. The van der Waals surface area contributed by atoms with Gasteiger partial charge in [0.1, 0.15) is 5.60 Å². The van der Waals surface area contributed by atoms with Gasteiger partial charge in [-0.3, -0.25) is 0 Å². The van der Waals surface area contributed by atoms with Crippen LogP contribution in [-0.4, -0.2) is 36.2 Å². The summed E-state index contributed by atoms with van der Waals surface area (Å²) in [6, 6.07) is 0. The standard InChI is InChI=1S/C13H24N2O2/c1-12(2,3)17-11(16)15-7-10-5-4-6-13(10,8-14)9-15/h10H,4-9,14H2,1-3H3/t10-,13-/m0/s1. The Labute approximate surface area is 103 Å². The van der Waals surface area contributed by atoms with E-state index in [0.717, 1.165) is 19.5 Å². The van der Waals surface area contributed by atoms with Crippen LogP contribution < -0.4 is 5.73 Å². The van der Waals surface area contributed by atoms with E-state index in [-0.39, 0.29) is 11.5 Å². The molecule has 0 radical (unpaired) electrons. The number of ether oxygens (including phenoxy) is 1. The summed E-state index contributed by atoms with van der Waals surface area (Å²) in [4.78, 5) is 13.9. The van der Waals surface area contributed by atoms with Gasteiger partial charge in [0, 0.05) is 18.5 Å². The topological polar surface area (TPSA) is 55.6 Å². The van der Waals surface area contributed by atoms with Crippen LogP contribution in [0.25, 0.3) is 0 Å². The molecule has 2 aliphatic rings. The van der Waals surface area contributed by atoms with Crippen molar-refractivity contribution >= 4 is 6.09 Å². The third-order valence-corrected chi connectivity index (χ3v) is 4.10. The van der Waals surface area contributed by atoms with E-state index in [1.807, 2.05) is 25.7 Å². The third-order valence-electron chi connectivity index (χ3n) is 4.10. The number of hydrogen-bond acceptors (Lipinski definition) is 3. The smallest absolute Gasteiger partial charge is 0.410 e. The second-order valence-corrected chi connectivity index (χ2v) is 6.52. The van der Waals surface area contributed by atoms with E-state index in [0.29, 0.717) is 12.5 Å². The highest BCUT2D eigenvalue weighted by molar-refractivity contribution is 5.68. The maximum atomic E-state index is 12.0. The molecule has 1 aliphatic carbocycles. The zero-order valence-corrected chi connectivity index (χ0v) is 11.2. The molecule has 0 aromatic carbocycles. The summed E-state index contributed by atoms with van der Waals surface area (Å²) < 4.78 is 5.42. The molecule has 2 rings (SSSR count). The molecule has 0 unspecified atom stereocenters. The Morgan fingerprint density at radius 1 is 1.53 bits per heavy atom. The number of fused-ring (bicyclic) bond motifs is 1. The lowest BCUT2D eigenvalue weighted by Crippen LogP contribution is -2.39. The summed E-state index contributed by atoms with van der Waals surface area (Å²) in [6.07, 6.45) is 3.44. The molecule has 17 heavy (non-hydrogen) atoms. The minimum Gasteiger partial charge on any atom is -0.444 e. The molecule has 1 aliphatic heterocycles. The molecule has 98 valence electrons. The lowest BCUT2D eigenvalue weighted by Gasteiger charge is -2.28. The first-order valence-corrected chi connectivity index (χ1v) is 6.54. The number of rotatable bonds is 1. The maximum Gasteiger partial charge on any atom is 0.410 e. The molecule has 1 heterocycles. The highest BCUT2D eigenvalue weighted by Gasteiger charge is 2.50. The van der Waals surface area contributed by atoms with Crippen LogP contribution in [0.1, 0.15) is 40.0 Å². The van der Waals surface area contributed by atoms with E-state index in [1.54, 1.807) is 0 Å². The van der Waals surface area contributed by atoms with Gasteiger partial charge in [-0.25, -0.2) is 4.79 Å². The number of likely N-dealkylation sites (tertiary alicyclic amines) is 1. The summed E-state index contributed by atoms with van der Waals surface area (Å²) in [5.41, 5.74) is 5.69. The van der Waals surface area contributed by atoms with E-state index in [9.17, 15) is 4.79 Å². The first kappa shape index (κ1) is 12.7. The molecule has 2 atom stereocenters. The minimum absolute atomic E-state index is 0.177. The van der Waals surface area contributed by atoms with Crippen molar-refractivity contribution in [1.82, 2.24) is 4.90 Å². The molecule has 4 nitrogen and oxygen atoms in total. The zero-order valence-electron chi connectivity index (χ0n) is 11.2. The summed E-state index contributed by atoms with van der Waals surface area (Å²) in [5, 5.41) is 0. The van der Waals surface area contributed by atoms with Gasteiger partial charge in [0.2, 0.25) is 0 Å². The SMILES string of the molecule is CC(C)(C)OC(=O)N1C[C@@H]2CCC[C@]2(CN)C1. The monoisotopic (exact) mass is 240 g/mol. The van der Waals surface area contributed by atoms with Crippen molar-refractivity contribution in [3.63, 3.8) is 0 Å². The maximum absolute atomic E-state index is 12.0. The zero-order chi connectivity index (χ0) is 12.7. The second kappa shape index (κ2) is 4.16. The number of carbonyl (C=O) groups is 1. The predicted molar refractivity (Wildman–Crippen MR) is 66.6 cm³/mol. The summed E-state index contributed by atoms with van der Waals surface area (Å²) >= 11 is 0. The quantitative estimate of drug-likeness (QED) is 0.762. The summed E-state index contributed by atoms with van der Waals surface area (Å²) in [5.74, 6) is 0.583. The molecule has 1 amide bonds. The van der Waals surface area contributed by atoms with Crippen molar-refractivity contribution in [1.29, 1.82) is 0 Å². The molecule has 0 spiro atoms. The van der Waals surface area contributed by atoms with Crippen LogP contribution in [-0.2, 0) is 4.74 Å². The average Bonchev–Trinajstić information content (AvgIpc) is 2.70. The Bertz CT molecular complexity index is 311. The van der Waals surface area contributed by atoms with Crippen LogP contribution >= 0.6 is 0 Å². The Morgan fingerprint density at radius 2 is 2.24 bits per heavy atom. The van der Waals surface area contributed by atoms with E-state index in [1.165, 1.54) is 12.8 Å². The van der Waals surface area contributed by atoms with Crippen molar-refractivity contribution in [2.45, 2.75) is 45.6 Å². The number of nitrogens with zero attached hydrogens (tertiary/aromatic N) is 1. The van der Waals surface area contributed by atoms with E-state index < -0.39 is 5.60 Å². The predicted octanol–water partition coefficient (Wildman–Crippen LogP) is 1.98. The number of nitrogens with two attached hydrogens (primary N) is 1. The van der Waals surface area contributed by atoms with Crippen molar-refractivity contribution in [3.05, 3.63) is 0 Å². The lowest BCUT2D eigenvalue weighted by atomic mass is 9.81. The number of amides is 1. The molecular weight excluding hydrogens is 216 g/mol. The van der Waals surface area contributed by atoms with Crippen LogP contribution in [0.2, 0.25) is 0 Å². The molecule has 0 aromatic heterocycles. The van der Waals surface area contributed by atoms with Gasteiger partial charge in [-0.15, -0.1) is 0 Å². The fraction of sp³-hybridized carbons (Fsp3) is 0.923. The number of hydrogen-bond donors (Lipinski definition) is 1. The molecule has 0 aromatic rings. The van der Waals surface area contributed by atoms with Crippen LogP contribution in [0, 0.1) is 11.3 Å². The Balaban J connectivity index is 2.00. The van der Waals surface area contributed by atoms with Gasteiger partial charge in [-0.1, -0.05) is 6.42 Å². The highest BCUT2D eigenvalue weighted by Crippen LogP contribution is 2.48. The van der Waals surface area contributed by atoms with Gasteiger partial charge in [0.15, 0.2) is 0 Å². The van der Waals surface area contributed by atoms with Gasteiger partial charge in [0.05, 0.1) is 0 Å². The van der Waals surface area contributed by atoms with Crippen molar-refractivity contribution in [2.24, 2.45) is 17.1 Å². The first-order chi connectivity index (χ1) is 7.86. The fourth-order valence-electron chi connectivity index (χ4n) is 3.21. The van der Waals surface area contributed by atoms with Crippen molar-refractivity contribution in [2.75, 3.05) is 19.6 Å². The lowest BCUT2D eigenvalue weighted by molar-refractivity contribution is 0.0269. The normalized spacial score (nSPS) is 32.7. The van der Waals surface area contributed by atoms with Crippen LogP contribution in [0.15, 0.2) is 0 Å². The molecule has 2 N–H and O–H groups in total. The van der Waals surface area contributed by atoms with Crippen LogP contribution in [0.5, 0.6) is 0 Å². The van der Waals surface area contributed by atoms with Gasteiger partial charge in [-0.2, -0.15) is 0 Å². The van der Waals surface area contributed by atoms with E-state index >= 15 is 0 Å². The van der Waals surface area contributed by atoms with E-state index in [4.69, 9.17) is 10.5 Å². The molecule has 1 saturated carbocycles. The summed E-state index contributed by atoms with van der Waals surface area (Å²) in [7, 11) is 0. The minimum atomic E-state index is -0.412. The van der Waals surface area contributed by atoms with Gasteiger partial charge in [-0.05, 0) is 46.1 Å². The van der Waals surface area contributed by atoms with Gasteiger partial charge >= 0.3 is 6.09 Å². The largest absolute Gasteiger partial charge is 0.444 e. The molecule has 2 fully saturated rings. The second-order valence-electron chi connectivity index (χ2n) is 6.52. The van der Waals surface area contributed by atoms with Crippen molar-refractivity contribution < 1.29 is 9.53 Å². The Kier molecular flexibility index (Phi) is 3.10. The molecule has 1 saturated heterocycles. The van der Waals surface area contributed by atoms with Crippen LogP contribution in [0.4, 0.5) is 4.79 Å².